The van der Waals surface area contributed by atoms with E-state index in [1.165, 1.54) is 0 Å². The predicted molar refractivity (Wildman–Crippen MR) is 89.5 cm³/mol. The van der Waals surface area contributed by atoms with Gasteiger partial charge in [-0.1, -0.05) is 25.5 Å². The fraction of sp³-hybridized carbons (Fsp3) is 0.471. The van der Waals surface area contributed by atoms with Gasteiger partial charge in [0.15, 0.2) is 0 Å². The Labute approximate surface area is 141 Å². The Bertz CT molecular complexity index is 557. The van der Waals surface area contributed by atoms with Crippen LogP contribution in [0.25, 0.3) is 0 Å². The maximum absolute atomic E-state index is 11.6. The maximum atomic E-state index is 11.6. The van der Waals surface area contributed by atoms with Gasteiger partial charge in [-0.2, -0.15) is 0 Å². The first-order chi connectivity index (χ1) is 11.4. The molecule has 0 aliphatic carbocycles. The summed E-state index contributed by atoms with van der Waals surface area (Å²) >= 11 is 0. The van der Waals surface area contributed by atoms with Crippen molar-refractivity contribution in [2.75, 3.05) is 11.9 Å². The smallest absolute Gasteiger partial charge is 0.326 e. The van der Waals surface area contributed by atoms with Crippen LogP contribution in [0.3, 0.4) is 0 Å². The quantitative estimate of drug-likeness (QED) is 0.418. The fourth-order valence-electron chi connectivity index (χ4n) is 2.01. The second kappa shape index (κ2) is 10.3. The topological polar surface area (TPSA) is 119 Å². The van der Waals surface area contributed by atoms with Gasteiger partial charge in [0.2, 0.25) is 5.91 Å². The average molecular weight is 336 g/mol. The van der Waals surface area contributed by atoms with Crippen LogP contribution in [0.5, 0.6) is 0 Å². The Morgan fingerprint density at radius 2 is 1.92 bits per heavy atom. The molecule has 0 fully saturated rings. The van der Waals surface area contributed by atoms with E-state index < -0.39 is 17.9 Å². The van der Waals surface area contributed by atoms with E-state index in [0.29, 0.717) is 12.3 Å². The van der Waals surface area contributed by atoms with Gasteiger partial charge in [-0.3, -0.25) is 9.59 Å². The summed E-state index contributed by atoms with van der Waals surface area (Å²) in [6.45, 7) is 2.45. The third kappa shape index (κ3) is 7.62. The van der Waals surface area contributed by atoms with E-state index in [-0.39, 0.29) is 25.2 Å². The number of amides is 1. The molecule has 4 N–H and O–H groups in total. The summed E-state index contributed by atoms with van der Waals surface area (Å²) in [7, 11) is 0. The van der Waals surface area contributed by atoms with Gasteiger partial charge in [-0.05, 0) is 30.5 Å². The lowest BCUT2D eigenvalue weighted by Gasteiger charge is -2.15. The molecule has 132 valence electrons. The standard InChI is InChI=1S/C17H24N2O5/c1-2-3-10-24-16(21)11-12-4-6-13(7-5-12)19-14(17(22)23)8-9-15(18)20/h4-7,14,19H,2-3,8-11H2,1H3,(H2,18,20)(H,22,23)/t14-/m0/s1. The molecule has 24 heavy (non-hydrogen) atoms. The summed E-state index contributed by atoms with van der Waals surface area (Å²) in [4.78, 5) is 33.6. The number of unbranched alkanes of at least 4 members (excludes halogenated alkanes) is 1. The molecule has 7 heteroatoms. The van der Waals surface area contributed by atoms with Crippen molar-refractivity contribution in [1.29, 1.82) is 0 Å². The molecule has 0 heterocycles. The number of anilines is 1. The zero-order valence-electron chi connectivity index (χ0n) is 13.8. The van der Waals surface area contributed by atoms with Gasteiger partial charge >= 0.3 is 11.9 Å². The summed E-state index contributed by atoms with van der Waals surface area (Å²) in [6, 6.07) is 5.94. The molecule has 0 spiro atoms. The Hall–Kier alpha value is -2.57. The normalized spacial score (nSPS) is 11.5. The average Bonchev–Trinajstić information content (AvgIpc) is 2.52. The highest BCUT2D eigenvalue weighted by atomic mass is 16.5. The number of esters is 1. The molecule has 1 amide bonds. The SMILES string of the molecule is CCCCOC(=O)Cc1ccc(N[C@@H](CCC(N)=O)C(=O)O)cc1. The number of nitrogens with two attached hydrogens (primary N) is 1. The van der Waals surface area contributed by atoms with Crippen molar-refractivity contribution in [3.8, 4) is 0 Å². The van der Waals surface area contributed by atoms with E-state index in [0.717, 1.165) is 18.4 Å². The molecule has 1 rings (SSSR count). The highest BCUT2D eigenvalue weighted by Gasteiger charge is 2.17. The zero-order valence-corrected chi connectivity index (χ0v) is 13.8. The molecule has 0 saturated heterocycles. The number of nitrogens with one attached hydrogen (secondary N) is 1. The number of ether oxygens (including phenoxy) is 1. The molecule has 0 radical (unpaired) electrons. The highest BCUT2D eigenvalue weighted by Crippen LogP contribution is 2.14. The van der Waals surface area contributed by atoms with Crippen molar-refractivity contribution in [2.45, 2.75) is 45.1 Å². The van der Waals surface area contributed by atoms with Crippen LogP contribution in [0.15, 0.2) is 24.3 Å². The fourth-order valence-corrected chi connectivity index (χ4v) is 2.01. The second-order valence-corrected chi connectivity index (χ2v) is 5.49. The number of hydrogen-bond acceptors (Lipinski definition) is 5. The molecular weight excluding hydrogens is 312 g/mol. The van der Waals surface area contributed by atoms with Crippen LogP contribution in [-0.4, -0.2) is 35.6 Å². The van der Waals surface area contributed by atoms with E-state index in [9.17, 15) is 14.4 Å². The molecule has 0 saturated carbocycles. The summed E-state index contributed by atoms with van der Waals surface area (Å²) < 4.78 is 5.09. The van der Waals surface area contributed by atoms with E-state index in [2.05, 4.69) is 5.32 Å². The number of carbonyl (C=O) groups excluding carboxylic acids is 2. The highest BCUT2D eigenvalue weighted by molar-refractivity contribution is 5.79. The van der Waals surface area contributed by atoms with Gasteiger partial charge in [0, 0.05) is 12.1 Å². The van der Waals surface area contributed by atoms with Crippen molar-refractivity contribution < 1.29 is 24.2 Å². The van der Waals surface area contributed by atoms with Crippen molar-refractivity contribution in [2.24, 2.45) is 5.73 Å². The Kier molecular flexibility index (Phi) is 8.32. The van der Waals surface area contributed by atoms with Crippen molar-refractivity contribution in [3.63, 3.8) is 0 Å². The minimum absolute atomic E-state index is 0.00828. The van der Waals surface area contributed by atoms with Crippen molar-refractivity contribution in [3.05, 3.63) is 29.8 Å². The largest absolute Gasteiger partial charge is 0.480 e. The van der Waals surface area contributed by atoms with Gasteiger partial charge in [-0.15, -0.1) is 0 Å². The molecule has 0 unspecified atom stereocenters. The molecular formula is C17H24N2O5. The Morgan fingerprint density at radius 3 is 2.46 bits per heavy atom. The monoisotopic (exact) mass is 336 g/mol. The van der Waals surface area contributed by atoms with Gasteiger partial charge in [0.25, 0.3) is 0 Å². The summed E-state index contributed by atoms with van der Waals surface area (Å²) in [5.74, 6) is -1.88. The predicted octanol–water partition coefficient (Wildman–Crippen LogP) is 1.70. The molecule has 0 aliphatic heterocycles. The van der Waals surface area contributed by atoms with Crippen molar-refractivity contribution in [1.82, 2.24) is 0 Å². The van der Waals surface area contributed by atoms with Crippen LogP contribution in [0.2, 0.25) is 0 Å². The first-order valence-electron chi connectivity index (χ1n) is 7.94. The van der Waals surface area contributed by atoms with Crippen LogP contribution in [0.4, 0.5) is 5.69 Å². The third-order valence-electron chi connectivity index (χ3n) is 3.38. The van der Waals surface area contributed by atoms with Crippen LogP contribution >= 0.6 is 0 Å². The molecule has 1 aromatic carbocycles. The molecule has 1 atom stereocenters. The number of carboxylic acid groups (broad SMARTS) is 1. The first-order valence-corrected chi connectivity index (χ1v) is 7.94. The molecule has 1 aromatic rings. The van der Waals surface area contributed by atoms with Gasteiger partial charge < -0.3 is 20.9 Å². The molecule has 7 nitrogen and oxygen atoms in total. The number of rotatable bonds is 11. The second-order valence-electron chi connectivity index (χ2n) is 5.49. The first kappa shape index (κ1) is 19.5. The van der Waals surface area contributed by atoms with Crippen LogP contribution in [0, 0.1) is 0 Å². The molecule has 0 aromatic heterocycles. The van der Waals surface area contributed by atoms with E-state index in [1.807, 2.05) is 6.92 Å². The van der Waals surface area contributed by atoms with Gasteiger partial charge in [-0.25, -0.2) is 4.79 Å². The lowest BCUT2D eigenvalue weighted by atomic mass is 10.1. The van der Waals surface area contributed by atoms with Gasteiger partial charge in [0.05, 0.1) is 13.0 Å². The maximum Gasteiger partial charge on any atom is 0.326 e. The number of hydrogen-bond donors (Lipinski definition) is 3. The van der Waals surface area contributed by atoms with E-state index >= 15 is 0 Å². The molecule has 0 bridgehead atoms. The van der Waals surface area contributed by atoms with E-state index in [1.54, 1.807) is 24.3 Å². The van der Waals surface area contributed by atoms with Gasteiger partial charge in [0.1, 0.15) is 6.04 Å². The Balaban J connectivity index is 2.54. The number of carbonyl (C=O) groups is 3. The number of aliphatic carboxylic acids is 1. The Morgan fingerprint density at radius 1 is 1.25 bits per heavy atom. The van der Waals surface area contributed by atoms with E-state index in [4.69, 9.17) is 15.6 Å². The number of carboxylic acids is 1. The minimum atomic E-state index is -1.06. The summed E-state index contributed by atoms with van der Waals surface area (Å²) in [5.41, 5.74) is 6.42. The third-order valence-corrected chi connectivity index (χ3v) is 3.38. The van der Waals surface area contributed by atoms with Crippen molar-refractivity contribution >= 4 is 23.5 Å². The molecule has 0 aliphatic rings. The van der Waals surface area contributed by atoms with Crippen LogP contribution in [-0.2, 0) is 25.5 Å². The zero-order chi connectivity index (χ0) is 17.9. The minimum Gasteiger partial charge on any atom is -0.480 e. The summed E-state index contributed by atoms with van der Waals surface area (Å²) in [5, 5.41) is 12.0. The number of benzene rings is 1. The van der Waals surface area contributed by atoms with Crippen LogP contribution in [0.1, 0.15) is 38.2 Å². The number of primary amides is 1. The lowest BCUT2D eigenvalue weighted by Crippen LogP contribution is -2.30. The summed E-state index contributed by atoms with van der Waals surface area (Å²) in [6.07, 6.45) is 2.08. The lowest BCUT2D eigenvalue weighted by molar-refractivity contribution is -0.143. The van der Waals surface area contributed by atoms with Crippen LogP contribution < -0.4 is 11.1 Å².